The van der Waals surface area contributed by atoms with Crippen molar-refractivity contribution in [2.24, 2.45) is 0 Å². The number of hydrogen-bond acceptors (Lipinski definition) is 2. The second-order valence-electron chi connectivity index (χ2n) is 4.00. The Balaban J connectivity index is 3.39. The van der Waals surface area contributed by atoms with E-state index in [0.717, 1.165) is 13.8 Å². The summed E-state index contributed by atoms with van der Waals surface area (Å²) in [6, 6.07) is 0. The number of anilines is 1. The van der Waals surface area contributed by atoms with E-state index in [1.807, 2.05) is 0 Å². The quantitative estimate of drug-likeness (QED) is 0.504. The standard InChI is InChI=1S/C10H8F5NO2/c1-10(2,9(17)18)16-8-6(14)4(12)3(11)5(13)7(8)15/h16H,1-2H3,(H,17,18). The third-order valence-corrected chi connectivity index (χ3v) is 2.18. The Hall–Kier alpha value is -1.86. The van der Waals surface area contributed by atoms with Crippen molar-refractivity contribution in [2.75, 3.05) is 5.32 Å². The molecule has 2 N–H and O–H groups in total. The highest BCUT2D eigenvalue weighted by atomic mass is 19.2. The second-order valence-corrected chi connectivity index (χ2v) is 4.00. The fraction of sp³-hybridized carbons (Fsp3) is 0.300. The van der Waals surface area contributed by atoms with Crippen molar-refractivity contribution in [3.05, 3.63) is 29.1 Å². The van der Waals surface area contributed by atoms with Gasteiger partial charge >= 0.3 is 5.97 Å². The Labute approximate surface area is 98.2 Å². The van der Waals surface area contributed by atoms with Gasteiger partial charge in [0, 0.05) is 0 Å². The fourth-order valence-corrected chi connectivity index (χ4v) is 1.08. The SMILES string of the molecule is CC(C)(Nc1c(F)c(F)c(F)c(F)c1F)C(=O)O. The molecule has 1 rings (SSSR count). The first kappa shape index (κ1) is 14.2. The maximum Gasteiger partial charge on any atom is 0.328 e. The number of carbonyl (C=O) groups is 1. The summed E-state index contributed by atoms with van der Waals surface area (Å²) < 4.78 is 64.8. The average Bonchev–Trinajstić information content (AvgIpc) is 2.29. The molecule has 0 aromatic heterocycles. The van der Waals surface area contributed by atoms with Crippen molar-refractivity contribution in [2.45, 2.75) is 19.4 Å². The van der Waals surface area contributed by atoms with Gasteiger partial charge in [-0.3, -0.25) is 0 Å². The fourth-order valence-electron chi connectivity index (χ4n) is 1.08. The third-order valence-electron chi connectivity index (χ3n) is 2.18. The summed E-state index contributed by atoms with van der Waals surface area (Å²) >= 11 is 0. The first-order valence-electron chi connectivity index (χ1n) is 4.62. The molecule has 1 aromatic carbocycles. The molecule has 0 aliphatic carbocycles. The number of carboxylic acids is 1. The molecule has 0 saturated carbocycles. The first-order valence-corrected chi connectivity index (χ1v) is 4.62. The number of benzene rings is 1. The van der Waals surface area contributed by atoms with Crippen LogP contribution in [-0.2, 0) is 4.79 Å². The van der Waals surface area contributed by atoms with Crippen LogP contribution < -0.4 is 5.32 Å². The zero-order valence-electron chi connectivity index (χ0n) is 9.25. The van der Waals surface area contributed by atoms with Gasteiger partial charge < -0.3 is 10.4 Å². The number of carboxylic acid groups (broad SMARTS) is 1. The van der Waals surface area contributed by atoms with Gasteiger partial charge in [0.1, 0.15) is 11.2 Å². The molecule has 8 heteroatoms. The van der Waals surface area contributed by atoms with Crippen molar-refractivity contribution in [3.63, 3.8) is 0 Å². The highest BCUT2D eigenvalue weighted by Crippen LogP contribution is 2.29. The molecular weight excluding hydrogens is 261 g/mol. The highest BCUT2D eigenvalue weighted by molar-refractivity contribution is 5.81. The van der Waals surface area contributed by atoms with Crippen LogP contribution >= 0.6 is 0 Å². The Morgan fingerprint density at radius 3 is 1.61 bits per heavy atom. The summed E-state index contributed by atoms with van der Waals surface area (Å²) in [4.78, 5) is 10.7. The van der Waals surface area contributed by atoms with Crippen molar-refractivity contribution in [3.8, 4) is 0 Å². The molecular formula is C10H8F5NO2. The molecule has 1 aromatic rings. The summed E-state index contributed by atoms with van der Waals surface area (Å²) in [5.41, 5.74) is -3.28. The van der Waals surface area contributed by atoms with E-state index >= 15 is 0 Å². The van der Waals surface area contributed by atoms with Crippen LogP contribution in [0.5, 0.6) is 0 Å². The Morgan fingerprint density at radius 2 is 1.28 bits per heavy atom. The van der Waals surface area contributed by atoms with E-state index in [2.05, 4.69) is 0 Å². The van der Waals surface area contributed by atoms with E-state index in [1.165, 1.54) is 0 Å². The number of hydrogen-bond donors (Lipinski definition) is 2. The molecule has 0 heterocycles. The van der Waals surface area contributed by atoms with E-state index in [9.17, 15) is 26.7 Å². The van der Waals surface area contributed by atoms with E-state index in [-0.39, 0.29) is 0 Å². The summed E-state index contributed by atoms with van der Waals surface area (Å²) in [6.07, 6.45) is 0. The van der Waals surface area contributed by atoms with Gasteiger partial charge in [-0.2, -0.15) is 0 Å². The molecule has 18 heavy (non-hydrogen) atoms. The maximum atomic E-state index is 13.2. The van der Waals surface area contributed by atoms with Gasteiger partial charge in [-0.15, -0.1) is 0 Å². The molecule has 3 nitrogen and oxygen atoms in total. The predicted octanol–water partition coefficient (Wildman–Crippen LogP) is 2.66. The molecule has 0 aliphatic rings. The maximum absolute atomic E-state index is 13.2. The van der Waals surface area contributed by atoms with Gasteiger partial charge in [-0.1, -0.05) is 0 Å². The van der Waals surface area contributed by atoms with Crippen molar-refractivity contribution in [1.82, 2.24) is 0 Å². The van der Waals surface area contributed by atoms with Gasteiger partial charge in [-0.05, 0) is 13.8 Å². The minimum atomic E-state index is -2.30. The van der Waals surface area contributed by atoms with E-state index in [4.69, 9.17) is 5.11 Å². The van der Waals surface area contributed by atoms with Crippen LogP contribution in [0, 0.1) is 29.1 Å². The van der Waals surface area contributed by atoms with Crippen LogP contribution in [0.15, 0.2) is 0 Å². The molecule has 0 amide bonds. The lowest BCUT2D eigenvalue weighted by Crippen LogP contribution is -2.40. The summed E-state index contributed by atoms with van der Waals surface area (Å²) in [6.45, 7) is 2.01. The molecule has 0 unspecified atom stereocenters. The van der Waals surface area contributed by atoms with Crippen molar-refractivity contribution >= 4 is 11.7 Å². The normalized spacial score (nSPS) is 11.5. The number of rotatable bonds is 3. The molecule has 100 valence electrons. The van der Waals surface area contributed by atoms with Gasteiger partial charge in [0.15, 0.2) is 23.3 Å². The van der Waals surface area contributed by atoms with Gasteiger partial charge in [0.25, 0.3) is 0 Å². The molecule has 0 atom stereocenters. The Morgan fingerprint density at radius 1 is 0.944 bits per heavy atom. The van der Waals surface area contributed by atoms with Crippen LogP contribution in [0.1, 0.15) is 13.8 Å². The smallest absolute Gasteiger partial charge is 0.328 e. The topological polar surface area (TPSA) is 49.3 Å². The summed E-state index contributed by atoms with van der Waals surface area (Å²) in [5, 5.41) is 10.5. The first-order chi connectivity index (χ1) is 8.09. The number of halogens is 5. The lowest BCUT2D eigenvalue weighted by Gasteiger charge is -2.23. The second kappa shape index (κ2) is 4.43. The average molecular weight is 269 g/mol. The molecule has 0 radical (unpaired) electrons. The number of nitrogens with one attached hydrogen (secondary N) is 1. The minimum absolute atomic E-state index is 1.01. The van der Waals surface area contributed by atoms with Crippen LogP contribution in [-0.4, -0.2) is 16.6 Å². The van der Waals surface area contributed by atoms with Crippen LogP contribution in [0.4, 0.5) is 27.6 Å². The Kier molecular flexibility index (Phi) is 3.50. The number of aliphatic carboxylic acids is 1. The zero-order chi connectivity index (χ0) is 14.2. The molecule has 0 fully saturated rings. The Bertz CT molecular complexity index is 486. The van der Waals surface area contributed by atoms with Gasteiger partial charge in [0.05, 0.1) is 0 Å². The summed E-state index contributed by atoms with van der Waals surface area (Å²) in [5.74, 6) is -12.3. The lowest BCUT2D eigenvalue weighted by molar-refractivity contribution is -0.141. The monoisotopic (exact) mass is 269 g/mol. The molecule has 0 saturated heterocycles. The van der Waals surface area contributed by atoms with E-state index < -0.39 is 46.3 Å². The lowest BCUT2D eigenvalue weighted by atomic mass is 10.1. The molecule has 0 bridgehead atoms. The van der Waals surface area contributed by atoms with Crippen LogP contribution in [0.2, 0.25) is 0 Å². The third kappa shape index (κ3) is 2.22. The van der Waals surface area contributed by atoms with Gasteiger partial charge in [-0.25, -0.2) is 26.7 Å². The van der Waals surface area contributed by atoms with Crippen LogP contribution in [0.3, 0.4) is 0 Å². The van der Waals surface area contributed by atoms with E-state index in [1.54, 1.807) is 5.32 Å². The largest absolute Gasteiger partial charge is 0.480 e. The zero-order valence-corrected chi connectivity index (χ0v) is 9.25. The highest BCUT2D eigenvalue weighted by Gasteiger charge is 2.33. The predicted molar refractivity (Wildman–Crippen MR) is 51.6 cm³/mol. The molecule has 0 spiro atoms. The van der Waals surface area contributed by atoms with Crippen LogP contribution in [0.25, 0.3) is 0 Å². The van der Waals surface area contributed by atoms with Crippen molar-refractivity contribution in [1.29, 1.82) is 0 Å². The minimum Gasteiger partial charge on any atom is -0.480 e. The van der Waals surface area contributed by atoms with Gasteiger partial charge in [0.2, 0.25) is 5.82 Å². The van der Waals surface area contributed by atoms with Crippen molar-refractivity contribution < 1.29 is 31.9 Å². The summed E-state index contributed by atoms with van der Waals surface area (Å²) in [7, 11) is 0. The van der Waals surface area contributed by atoms with E-state index in [0.29, 0.717) is 0 Å². The molecule has 0 aliphatic heterocycles.